The third kappa shape index (κ3) is 6.48. The minimum Gasteiger partial charge on any atom is -0.426 e. The molecule has 0 saturated carbocycles. The molecule has 0 unspecified atom stereocenters. The van der Waals surface area contributed by atoms with Crippen LogP contribution < -0.4 is 4.74 Å². The van der Waals surface area contributed by atoms with Crippen LogP contribution in [0.3, 0.4) is 0 Å². The normalized spacial score (nSPS) is 11.3. The van der Waals surface area contributed by atoms with Crippen molar-refractivity contribution in [3.05, 3.63) is 48.5 Å². The van der Waals surface area contributed by atoms with Gasteiger partial charge in [0.2, 0.25) is 0 Å². The Hall–Kier alpha value is -2.18. The number of carbonyl (C=O) groups excluding carboxylic acids is 1. The second kappa shape index (κ2) is 10.2. The van der Waals surface area contributed by atoms with Crippen molar-refractivity contribution in [1.82, 2.24) is 0 Å². The smallest absolute Gasteiger partial charge is 0.311 e. The Morgan fingerprint density at radius 1 is 0.889 bits per heavy atom. The third-order valence-corrected chi connectivity index (χ3v) is 5.21. The standard InChI is InChI=1S/C21H26O5S/c1-2-3-4-5-6-7-16-21(22)26-19-14-10-8-12-17(19)18-13-9-11-15-20(18)27(23,24)25/h8-15H,2-7,16H2,1H3,(H,23,24,25). The number of hydrogen-bond donors (Lipinski definition) is 1. The highest BCUT2D eigenvalue weighted by Gasteiger charge is 2.19. The molecule has 2 aromatic rings. The van der Waals surface area contributed by atoms with Crippen LogP contribution >= 0.6 is 0 Å². The zero-order chi connectivity index (χ0) is 19.7. The Morgan fingerprint density at radius 2 is 1.48 bits per heavy atom. The average molecular weight is 391 g/mol. The van der Waals surface area contributed by atoms with Crippen LogP contribution in [-0.4, -0.2) is 18.9 Å². The van der Waals surface area contributed by atoms with Gasteiger partial charge in [-0.25, -0.2) is 0 Å². The van der Waals surface area contributed by atoms with E-state index in [9.17, 15) is 17.8 Å². The van der Waals surface area contributed by atoms with E-state index in [-0.39, 0.29) is 16.6 Å². The summed E-state index contributed by atoms with van der Waals surface area (Å²) in [6, 6.07) is 12.8. The fourth-order valence-corrected chi connectivity index (χ4v) is 3.62. The highest BCUT2D eigenvalue weighted by Crippen LogP contribution is 2.34. The molecule has 0 heterocycles. The maximum absolute atomic E-state index is 12.2. The summed E-state index contributed by atoms with van der Waals surface area (Å²) in [5.41, 5.74) is 0.741. The molecule has 0 aromatic heterocycles. The van der Waals surface area contributed by atoms with Gasteiger partial charge >= 0.3 is 5.97 Å². The summed E-state index contributed by atoms with van der Waals surface area (Å²) in [7, 11) is -4.39. The molecule has 0 radical (unpaired) electrons. The molecule has 27 heavy (non-hydrogen) atoms. The molecule has 0 atom stereocenters. The van der Waals surface area contributed by atoms with Gasteiger partial charge in [0.05, 0.1) is 0 Å². The number of carbonyl (C=O) groups is 1. The van der Waals surface area contributed by atoms with Gasteiger partial charge in [-0.2, -0.15) is 8.42 Å². The molecule has 2 aromatic carbocycles. The first-order chi connectivity index (χ1) is 12.9. The number of ether oxygens (including phenoxy) is 1. The van der Waals surface area contributed by atoms with Gasteiger partial charge in [-0.3, -0.25) is 9.35 Å². The first-order valence-corrected chi connectivity index (χ1v) is 10.7. The molecule has 1 N–H and O–H groups in total. The number of benzene rings is 2. The molecule has 0 bridgehead atoms. The molecule has 146 valence electrons. The summed E-state index contributed by atoms with van der Waals surface area (Å²) in [5.74, 6) is -0.0631. The van der Waals surface area contributed by atoms with E-state index < -0.39 is 10.1 Å². The number of unbranched alkanes of at least 4 members (excludes halogenated alkanes) is 5. The van der Waals surface area contributed by atoms with Crippen LogP contribution in [0.15, 0.2) is 53.4 Å². The highest BCUT2D eigenvalue weighted by atomic mass is 32.2. The number of para-hydroxylation sites is 1. The van der Waals surface area contributed by atoms with Crippen molar-refractivity contribution in [2.24, 2.45) is 0 Å². The highest BCUT2D eigenvalue weighted by molar-refractivity contribution is 7.86. The lowest BCUT2D eigenvalue weighted by Gasteiger charge is -2.12. The molecule has 2 rings (SSSR count). The van der Waals surface area contributed by atoms with Crippen LogP contribution in [0.5, 0.6) is 5.75 Å². The monoisotopic (exact) mass is 390 g/mol. The van der Waals surface area contributed by atoms with E-state index in [0.29, 0.717) is 17.5 Å². The first-order valence-electron chi connectivity index (χ1n) is 9.30. The molecular formula is C21H26O5S. The Kier molecular flexibility index (Phi) is 8.00. The minimum atomic E-state index is -4.39. The lowest BCUT2D eigenvalue weighted by molar-refractivity contribution is -0.134. The predicted octanol–water partition coefficient (Wildman–Crippen LogP) is 5.26. The molecule has 0 saturated heterocycles. The van der Waals surface area contributed by atoms with Crippen molar-refractivity contribution in [1.29, 1.82) is 0 Å². The van der Waals surface area contributed by atoms with Crippen LogP contribution in [0.2, 0.25) is 0 Å². The summed E-state index contributed by atoms with van der Waals surface area (Å²) in [6.45, 7) is 2.16. The van der Waals surface area contributed by atoms with Gasteiger partial charge in [0, 0.05) is 17.5 Å². The van der Waals surface area contributed by atoms with Gasteiger partial charge in [0.25, 0.3) is 10.1 Å². The third-order valence-electron chi connectivity index (χ3n) is 4.30. The minimum absolute atomic E-state index is 0.218. The Bertz CT molecular complexity index is 858. The molecule has 6 heteroatoms. The summed E-state index contributed by atoms with van der Waals surface area (Å²) in [6.07, 6.45) is 6.77. The maximum atomic E-state index is 12.2. The molecule has 0 aliphatic rings. The zero-order valence-electron chi connectivity index (χ0n) is 15.6. The van der Waals surface area contributed by atoms with Gasteiger partial charge < -0.3 is 4.74 Å². The summed E-state index contributed by atoms with van der Waals surface area (Å²) >= 11 is 0. The topological polar surface area (TPSA) is 80.7 Å². The zero-order valence-corrected chi connectivity index (χ0v) is 16.4. The van der Waals surface area contributed by atoms with E-state index in [2.05, 4.69) is 6.92 Å². The van der Waals surface area contributed by atoms with E-state index >= 15 is 0 Å². The van der Waals surface area contributed by atoms with Gasteiger partial charge in [-0.05, 0) is 18.6 Å². The van der Waals surface area contributed by atoms with E-state index in [1.165, 1.54) is 31.4 Å². The Balaban J connectivity index is 2.10. The predicted molar refractivity (Wildman–Crippen MR) is 105 cm³/mol. The number of rotatable bonds is 10. The van der Waals surface area contributed by atoms with Crippen LogP contribution in [0.4, 0.5) is 0 Å². The lowest BCUT2D eigenvalue weighted by Crippen LogP contribution is -2.09. The van der Waals surface area contributed by atoms with E-state index in [1.54, 1.807) is 36.4 Å². The summed E-state index contributed by atoms with van der Waals surface area (Å²) < 4.78 is 38.3. The van der Waals surface area contributed by atoms with Crippen molar-refractivity contribution in [3.8, 4) is 16.9 Å². The van der Waals surface area contributed by atoms with E-state index in [0.717, 1.165) is 19.3 Å². The molecule has 0 aliphatic carbocycles. The van der Waals surface area contributed by atoms with Crippen molar-refractivity contribution in [3.63, 3.8) is 0 Å². The fourth-order valence-electron chi connectivity index (χ4n) is 2.92. The van der Waals surface area contributed by atoms with Crippen LogP contribution in [0, 0.1) is 0 Å². The molecule has 0 fully saturated rings. The SMILES string of the molecule is CCCCCCCCC(=O)Oc1ccccc1-c1ccccc1S(=O)(=O)O. The van der Waals surface area contributed by atoms with Gasteiger partial charge in [0.15, 0.2) is 0 Å². The lowest BCUT2D eigenvalue weighted by atomic mass is 10.0. The van der Waals surface area contributed by atoms with Crippen molar-refractivity contribution < 1.29 is 22.5 Å². The van der Waals surface area contributed by atoms with Crippen molar-refractivity contribution >= 4 is 16.1 Å². The Labute approximate surface area is 161 Å². The number of esters is 1. The fraction of sp³-hybridized carbons (Fsp3) is 0.381. The second-order valence-electron chi connectivity index (χ2n) is 6.46. The maximum Gasteiger partial charge on any atom is 0.311 e. The first kappa shape index (κ1) is 21.1. The molecule has 0 amide bonds. The van der Waals surface area contributed by atoms with Crippen LogP contribution in [-0.2, 0) is 14.9 Å². The molecular weight excluding hydrogens is 364 g/mol. The molecule has 5 nitrogen and oxygen atoms in total. The Morgan fingerprint density at radius 3 is 2.19 bits per heavy atom. The summed E-state index contributed by atoms with van der Waals surface area (Å²) in [5, 5.41) is 0. The van der Waals surface area contributed by atoms with E-state index in [1.807, 2.05) is 0 Å². The van der Waals surface area contributed by atoms with Crippen molar-refractivity contribution in [2.75, 3.05) is 0 Å². The summed E-state index contributed by atoms with van der Waals surface area (Å²) in [4.78, 5) is 12.0. The van der Waals surface area contributed by atoms with Gasteiger partial charge in [-0.1, -0.05) is 75.4 Å². The molecule has 0 spiro atoms. The van der Waals surface area contributed by atoms with Crippen LogP contribution in [0.1, 0.15) is 51.9 Å². The largest absolute Gasteiger partial charge is 0.426 e. The quantitative estimate of drug-likeness (QED) is 0.259. The average Bonchev–Trinajstić information content (AvgIpc) is 2.64. The number of hydrogen-bond acceptors (Lipinski definition) is 4. The van der Waals surface area contributed by atoms with Crippen LogP contribution in [0.25, 0.3) is 11.1 Å². The molecule has 0 aliphatic heterocycles. The van der Waals surface area contributed by atoms with Crippen molar-refractivity contribution in [2.45, 2.75) is 56.8 Å². The van der Waals surface area contributed by atoms with Gasteiger partial charge in [0.1, 0.15) is 10.6 Å². The van der Waals surface area contributed by atoms with E-state index in [4.69, 9.17) is 4.74 Å². The van der Waals surface area contributed by atoms with Gasteiger partial charge in [-0.15, -0.1) is 0 Å². The second-order valence-corrected chi connectivity index (χ2v) is 7.85.